The van der Waals surface area contributed by atoms with Gasteiger partial charge in [0.1, 0.15) is 0 Å². The van der Waals surface area contributed by atoms with Gasteiger partial charge in [-0.3, -0.25) is 0 Å². The molecule has 82 valence electrons. The van der Waals surface area contributed by atoms with Crippen LogP contribution >= 0.6 is 11.3 Å². The summed E-state index contributed by atoms with van der Waals surface area (Å²) in [7, 11) is 0. The highest BCUT2D eigenvalue weighted by Crippen LogP contribution is 2.25. The Labute approximate surface area is 92.0 Å². The maximum Gasteiger partial charge on any atom is 0.186 e. The van der Waals surface area contributed by atoms with Gasteiger partial charge in [0.05, 0.1) is 30.0 Å². The van der Waals surface area contributed by atoms with Crippen molar-refractivity contribution in [3.8, 4) is 0 Å². The number of hydrogen-bond donors (Lipinski definition) is 1. The lowest BCUT2D eigenvalue weighted by Gasteiger charge is -2.25. The molecule has 0 bridgehead atoms. The van der Waals surface area contributed by atoms with E-state index < -0.39 is 0 Å². The van der Waals surface area contributed by atoms with Crippen molar-refractivity contribution in [3.63, 3.8) is 0 Å². The highest BCUT2D eigenvalue weighted by Gasteiger charge is 2.15. The van der Waals surface area contributed by atoms with Crippen LogP contribution in [0.3, 0.4) is 0 Å². The van der Waals surface area contributed by atoms with Gasteiger partial charge in [0.15, 0.2) is 5.13 Å². The maximum absolute atomic E-state index is 8.48. The van der Waals surface area contributed by atoms with E-state index in [0.717, 1.165) is 42.0 Å². The summed E-state index contributed by atoms with van der Waals surface area (Å²) in [5, 5.41) is 12.5. The van der Waals surface area contributed by atoms with E-state index in [0.29, 0.717) is 0 Å². The minimum Gasteiger partial charge on any atom is -0.411 e. The minimum absolute atomic E-state index is 0.752. The molecule has 0 atom stereocenters. The molecule has 6 heteroatoms. The second kappa shape index (κ2) is 4.59. The molecule has 2 heterocycles. The molecule has 1 fully saturated rings. The standard InChI is InChI=1S/C9H13N3O2S/c1-7-8(6-10-13)15-9(11-7)12-2-4-14-5-3-12/h6,13H,2-5H2,1H3. The number of morpholine rings is 1. The van der Waals surface area contributed by atoms with Crippen LogP contribution in [0, 0.1) is 6.92 Å². The van der Waals surface area contributed by atoms with Gasteiger partial charge in [0, 0.05) is 13.1 Å². The van der Waals surface area contributed by atoms with Gasteiger partial charge < -0.3 is 14.8 Å². The molecule has 0 unspecified atom stereocenters. The van der Waals surface area contributed by atoms with Crippen molar-refractivity contribution in [1.29, 1.82) is 0 Å². The number of oxime groups is 1. The molecule has 0 amide bonds. The van der Waals surface area contributed by atoms with E-state index in [-0.39, 0.29) is 0 Å². The molecular formula is C9H13N3O2S. The number of hydrogen-bond acceptors (Lipinski definition) is 6. The molecule has 2 rings (SSSR count). The molecule has 1 aliphatic rings. The average Bonchev–Trinajstić information content (AvgIpc) is 2.63. The van der Waals surface area contributed by atoms with Crippen LogP contribution in [0.1, 0.15) is 10.6 Å². The summed E-state index contributed by atoms with van der Waals surface area (Å²) in [6.07, 6.45) is 1.43. The molecule has 0 aromatic carbocycles. The van der Waals surface area contributed by atoms with Gasteiger partial charge >= 0.3 is 0 Å². The molecule has 1 aromatic rings. The van der Waals surface area contributed by atoms with Crippen molar-refractivity contribution >= 4 is 22.7 Å². The van der Waals surface area contributed by atoms with E-state index in [1.807, 2.05) is 6.92 Å². The van der Waals surface area contributed by atoms with Crippen LogP contribution in [-0.2, 0) is 4.74 Å². The van der Waals surface area contributed by atoms with Gasteiger partial charge in [-0.05, 0) is 6.92 Å². The van der Waals surface area contributed by atoms with Gasteiger partial charge in [-0.25, -0.2) is 4.98 Å². The van der Waals surface area contributed by atoms with Crippen LogP contribution in [-0.4, -0.2) is 42.7 Å². The summed E-state index contributed by atoms with van der Waals surface area (Å²) in [6, 6.07) is 0. The average molecular weight is 227 g/mol. The molecule has 1 aliphatic heterocycles. The fraction of sp³-hybridized carbons (Fsp3) is 0.556. The Balaban J connectivity index is 2.17. The Bertz CT molecular complexity index is 358. The van der Waals surface area contributed by atoms with E-state index >= 15 is 0 Å². The normalized spacial score (nSPS) is 17.5. The van der Waals surface area contributed by atoms with Crippen LogP contribution in [0.25, 0.3) is 0 Å². The lowest BCUT2D eigenvalue weighted by molar-refractivity contribution is 0.122. The predicted octanol–water partition coefficient (Wildman–Crippen LogP) is 1.10. The molecule has 0 aliphatic carbocycles. The Hall–Kier alpha value is -1.14. The van der Waals surface area contributed by atoms with Gasteiger partial charge in [-0.15, -0.1) is 0 Å². The smallest absolute Gasteiger partial charge is 0.186 e. The summed E-state index contributed by atoms with van der Waals surface area (Å²) < 4.78 is 5.27. The summed E-state index contributed by atoms with van der Waals surface area (Å²) in [5.74, 6) is 0. The van der Waals surface area contributed by atoms with Gasteiger partial charge in [-0.1, -0.05) is 16.5 Å². The number of rotatable bonds is 2. The second-order valence-electron chi connectivity index (χ2n) is 3.29. The molecule has 0 saturated carbocycles. The van der Waals surface area contributed by atoms with Crippen molar-refractivity contribution in [3.05, 3.63) is 10.6 Å². The van der Waals surface area contributed by atoms with Crippen LogP contribution < -0.4 is 4.90 Å². The van der Waals surface area contributed by atoms with E-state index in [2.05, 4.69) is 15.0 Å². The summed E-state index contributed by atoms with van der Waals surface area (Å²) in [5.41, 5.74) is 0.902. The highest BCUT2D eigenvalue weighted by atomic mass is 32.1. The topological polar surface area (TPSA) is 58.0 Å². The summed E-state index contributed by atoms with van der Waals surface area (Å²) in [4.78, 5) is 7.53. The Morgan fingerprint density at radius 2 is 2.27 bits per heavy atom. The first-order chi connectivity index (χ1) is 7.31. The molecule has 1 aromatic heterocycles. The quantitative estimate of drug-likeness (QED) is 0.467. The number of aryl methyl sites for hydroxylation is 1. The molecule has 15 heavy (non-hydrogen) atoms. The first-order valence-corrected chi connectivity index (χ1v) is 5.60. The van der Waals surface area contributed by atoms with E-state index in [4.69, 9.17) is 9.94 Å². The Morgan fingerprint density at radius 3 is 2.93 bits per heavy atom. The zero-order valence-corrected chi connectivity index (χ0v) is 9.33. The lowest BCUT2D eigenvalue weighted by atomic mass is 10.4. The fourth-order valence-electron chi connectivity index (χ4n) is 1.46. The van der Waals surface area contributed by atoms with Crippen molar-refractivity contribution < 1.29 is 9.94 Å². The maximum atomic E-state index is 8.48. The molecule has 0 radical (unpaired) electrons. The van der Waals surface area contributed by atoms with Crippen molar-refractivity contribution in [2.45, 2.75) is 6.92 Å². The van der Waals surface area contributed by atoms with Crippen LogP contribution in [0.15, 0.2) is 5.16 Å². The Kier molecular flexibility index (Phi) is 3.17. The minimum atomic E-state index is 0.752. The number of ether oxygens (including phenoxy) is 1. The monoisotopic (exact) mass is 227 g/mol. The van der Waals surface area contributed by atoms with Crippen LogP contribution in [0.2, 0.25) is 0 Å². The third-order valence-corrected chi connectivity index (χ3v) is 3.43. The third kappa shape index (κ3) is 2.27. The van der Waals surface area contributed by atoms with E-state index in [9.17, 15) is 0 Å². The first kappa shape index (κ1) is 10.4. The zero-order chi connectivity index (χ0) is 10.7. The largest absolute Gasteiger partial charge is 0.411 e. The summed E-state index contributed by atoms with van der Waals surface area (Å²) in [6.45, 7) is 5.17. The van der Waals surface area contributed by atoms with Gasteiger partial charge in [-0.2, -0.15) is 0 Å². The van der Waals surface area contributed by atoms with Crippen LogP contribution in [0.4, 0.5) is 5.13 Å². The number of aromatic nitrogens is 1. The lowest BCUT2D eigenvalue weighted by Crippen LogP contribution is -2.36. The molecule has 1 saturated heterocycles. The zero-order valence-electron chi connectivity index (χ0n) is 8.51. The molecular weight excluding hydrogens is 214 g/mol. The van der Waals surface area contributed by atoms with Crippen LogP contribution in [0.5, 0.6) is 0 Å². The van der Waals surface area contributed by atoms with E-state index in [1.54, 1.807) is 11.3 Å². The van der Waals surface area contributed by atoms with Gasteiger partial charge in [0.2, 0.25) is 0 Å². The van der Waals surface area contributed by atoms with E-state index in [1.165, 1.54) is 6.21 Å². The second-order valence-corrected chi connectivity index (χ2v) is 4.30. The number of thiazole rings is 1. The molecule has 0 spiro atoms. The highest BCUT2D eigenvalue weighted by molar-refractivity contribution is 7.17. The summed E-state index contributed by atoms with van der Waals surface area (Å²) >= 11 is 1.54. The van der Waals surface area contributed by atoms with Crippen molar-refractivity contribution in [2.24, 2.45) is 5.16 Å². The predicted molar refractivity (Wildman–Crippen MR) is 59.3 cm³/mol. The molecule has 1 N–H and O–H groups in total. The third-order valence-electron chi connectivity index (χ3n) is 2.28. The number of anilines is 1. The van der Waals surface area contributed by atoms with Crippen molar-refractivity contribution in [1.82, 2.24) is 4.98 Å². The fourth-order valence-corrected chi connectivity index (χ4v) is 2.44. The first-order valence-electron chi connectivity index (χ1n) is 4.79. The SMILES string of the molecule is Cc1nc(N2CCOCC2)sc1C=NO. The Morgan fingerprint density at radius 1 is 1.53 bits per heavy atom. The molecule has 5 nitrogen and oxygen atoms in total. The number of nitrogens with zero attached hydrogens (tertiary/aromatic N) is 3. The van der Waals surface area contributed by atoms with Gasteiger partial charge in [0.25, 0.3) is 0 Å². The van der Waals surface area contributed by atoms with Crippen molar-refractivity contribution in [2.75, 3.05) is 31.2 Å².